The highest BCUT2D eigenvalue weighted by atomic mass is 127. The summed E-state index contributed by atoms with van der Waals surface area (Å²) < 4.78 is 1.32. The Bertz CT molecular complexity index is 241. The lowest BCUT2D eigenvalue weighted by molar-refractivity contribution is 0.750. The van der Waals surface area contributed by atoms with Gasteiger partial charge in [0.1, 0.15) is 0 Å². The molecule has 0 amide bonds. The summed E-state index contributed by atoms with van der Waals surface area (Å²) in [6.07, 6.45) is 0. The maximum atomic E-state index is 2.34. The molecule has 0 aliphatic rings. The van der Waals surface area contributed by atoms with Gasteiger partial charge in [-0.25, -0.2) is 0 Å². The van der Waals surface area contributed by atoms with Crippen molar-refractivity contribution in [2.24, 2.45) is 5.92 Å². The number of halogens is 1. The predicted molar refractivity (Wildman–Crippen MR) is 70.2 cm³/mol. The Morgan fingerprint density at radius 3 is 2.38 bits per heavy atom. The SMILES string of the molecule is CC(C)CSCc1ccc(I)cc1. The molecule has 2 heteroatoms. The van der Waals surface area contributed by atoms with Crippen LogP contribution in [0.5, 0.6) is 0 Å². The van der Waals surface area contributed by atoms with Gasteiger partial charge >= 0.3 is 0 Å². The summed E-state index contributed by atoms with van der Waals surface area (Å²) in [4.78, 5) is 0. The van der Waals surface area contributed by atoms with Gasteiger partial charge in [0.15, 0.2) is 0 Å². The second-order valence-corrected chi connectivity index (χ2v) is 5.81. The summed E-state index contributed by atoms with van der Waals surface area (Å²) in [6, 6.07) is 8.78. The van der Waals surface area contributed by atoms with Crippen molar-refractivity contribution < 1.29 is 0 Å². The molecule has 0 N–H and O–H groups in total. The van der Waals surface area contributed by atoms with Crippen molar-refractivity contribution in [3.8, 4) is 0 Å². The van der Waals surface area contributed by atoms with Gasteiger partial charge in [0, 0.05) is 9.32 Å². The van der Waals surface area contributed by atoms with Crippen LogP contribution >= 0.6 is 34.4 Å². The smallest absolute Gasteiger partial charge is 0.0184 e. The second-order valence-electron chi connectivity index (χ2n) is 3.54. The van der Waals surface area contributed by atoms with Crippen molar-refractivity contribution in [3.63, 3.8) is 0 Å². The van der Waals surface area contributed by atoms with Crippen LogP contribution in [0, 0.1) is 9.49 Å². The summed E-state index contributed by atoms with van der Waals surface area (Å²) in [5, 5.41) is 0. The van der Waals surface area contributed by atoms with E-state index < -0.39 is 0 Å². The third kappa shape index (κ3) is 4.91. The molecule has 72 valence electrons. The van der Waals surface area contributed by atoms with Gasteiger partial charge in [0.2, 0.25) is 0 Å². The minimum absolute atomic E-state index is 0.800. The van der Waals surface area contributed by atoms with Crippen LogP contribution in [0.25, 0.3) is 0 Å². The minimum atomic E-state index is 0.800. The standard InChI is InChI=1S/C11H15IS/c1-9(2)7-13-8-10-3-5-11(12)6-4-10/h3-6,9H,7-8H2,1-2H3. The molecule has 0 fully saturated rings. The van der Waals surface area contributed by atoms with E-state index in [1.165, 1.54) is 14.9 Å². The Labute approximate surface area is 98.6 Å². The lowest BCUT2D eigenvalue weighted by Crippen LogP contribution is -1.91. The number of hydrogen-bond acceptors (Lipinski definition) is 1. The molecular weight excluding hydrogens is 291 g/mol. The summed E-state index contributed by atoms with van der Waals surface area (Å²) in [5.41, 5.74) is 1.44. The molecule has 0 aliphatic heterocycles. The molecule has 1 aromatic rings. The number of benzene rings is 1. The first kappa shape index (κ1) is 11.4. The van der Waals surface area contributed by atoms with Crippen LogP contribution in [0.15, 0.2) is 24.3 Å². The summed E-state index contributed by atoms with van der Waals surface area (Å²) in [5.74, 6) is 3.20. The minimum Gasteiger partial charge on any atom is -0.157 e. The fourth-order valence-corrected chi connectivity index (χ4v) is 2.37. The Morgan fingerprint density at radius 1 is 1.23 bits per heavy atom. The molecule has 0 spiro atoms. The number of hydrogen-bond donors (Lipinski definition) is 0. The topological polar surface area (TPSA) is 0 Å². The van der Waals surface area contributed by atoms with E-state index in [0.29, 0.717) is 0 Å². The average Bonchev–Trinajstić information content (AvgIpc) is 2.08. The molecule has 0 saturated carbocycles. The zero-order valence-electron chi connectivity index (χ0n) is 8.09. The van der Waals surface area contributed by atoms with Crippen molar-refractivity contribution in [2.45, 2.75) is 19.6 Å². The highest BCUT2D eigenvalue weighted by molar-refractivity contribution is 14.1. The van der Waals surface area contributed by atoms with Crippen LogP contribution in [0.4, 0.5) is 0 Å². The van der Waals surface area contributed by atoms with E-state index in [0.717, 1.165) is 11.7 Å². The molecule has 0 radical (unpaired) electrons. The van der Waals surface area contributed by atoms with E-state index in [-0.39, 0.29) is 0 Å². The average molecular weight is 306 g/mol. The van der Waals surface area contributed by atoms with Gasteiger partial charge in [-0.1, -0.05) is 26.0 Å². The molecule has 0 atom stereocenters. The fourth-order valence-electron chi connectivity index (χ4n) is 0.993. The van der Waals surface area contributed by atoms with Crippen molar-refractivity contribution in [2.75, 3.05) is 5.75 Å². The van der Waals surface area contributed by atoms with Crippen molar-refractivity contribution >= 4 is 34.4 Å². The van der Waals surface area contributed by atoms with Gasteiger partial charge < -0.3 is 0 Å². The first-order chi connectivity index (χ1) is 6.18. The van der Waals surface area contributed by atoms with Gasteiger partial charge in [-0.3, -0.25) is 0 Å². The van der Waals surface area contributed by atoms with E-state index in [1.54, 1.807) is 0 Å². The Balaban J connectivity index is 2.33. The zero-order chi connectivity index (χ0) is 9.68. The van der Waals surface area contributed by atoms with E-state index >= 15 is 0 Å². The monoisotopic (exact) mass is 306 g/mol. The molecule has 0 aliphatic carbocycles. The molecule has 0 aromatic heterocycles. The third-order valence-corrected chi connectivity index (χ3v) is 3.79. The first-order valence-electron chi connectivity index (χ1n) is 4.50. The maximum absolute atomic E-state index is 2.34. The molecule has 0 heterocycles. The van der Waals surface area contributed by atoms with Gasteiger partial charge in [-0.15, -0.1) is 0 Å². The van der Waals surface area contributed by atoms with Crippen LogP contribution in [0.1, 0.15) is 19.4 Å². The zero-order valence-corrected chi connectivity index (χ0v) is 11.1. The quantitative estimate of drug-likeness (QED) is 0.752. The van der Waals surface area contributed by atoms with E-state index in [4.69, 9.17) is 0 Å². The second kappa shape index (κ2) is 5.91. The molecule has 1 aromatic carbocycles. The normalized spacial score (nSPS) is 10.8. The van der Waals surface area contributed by atoms with Crippen molar-refractivity contribution in [1.82, 2.24) is 0 Å². The van der Waals surface area contributed by atoms with Gasteiger partial charge in [0.05, 0.1) is 0 Å². The Hall–Kier alpha value is 0.300. The number of rotatable bonds is 4. The summed E-state index contributed by atoms with van der Waals surface area (Å²) >= 11 is 4.36. The maximum Gasteiger partial charge on any atom is 0.0184 e. The predicted octanol–water partition coefficient (Wildman–Crippen LogP) is 4.18. The largest absolute Gasteiger partial charge is 0.157 e. The highest BCUT2D eigenvalue weighted by Gasteiger charge is 1.96. The molecule has 0 unspecified atom stereocenters. The van der Waals surface area contributed by atoms with Gasteiger partial charge in [0.25, 0.3) is 0 Å². The molecule has 0 nitrogen and oxygen atoms in total. The lowest BCUT2D eigenvalue weighted by atomic mass is 10.2. The third-order valence-electron chi connectivity index (χ3n) is 1.63. The molecule has 1 rings (SSSR count). The summed E-state index contributed by atoms with van der Waals surface area (Å²) in [6.45, 7) is 4.53. The van der Waals surface area contributed by atoms with Crippen LogP contribution in [0.2, 0.25) is 0 Å². The fraction of sp³-hybridized carbons (Fsp3) is 0.455. The Kier molecular flexibility index (Phi) is 5.17. The molecule has 13 heavy (non-hydrogen) atoms. The molecule has 0 bridgehead atoms. The Morgan fingerprint density at radius 2 is 1.85 bits per heavy atom. The molecule has 0 saturated heterocycles. The highest BCUT2D eigenvalue weighted by Crippen LogP contribution is 2.16. The van der Waals surface area contributed by atoms with Gasteiger partial charge in [-0.05, 0) is 52.0 Å². The summed E-state index contributed by atoms with van der Waals surface area (Å²) in [7, 11) is 0. The van der Waals surface area contributed by atoms with Crippen LogP contribution in [-0.2, 0) is 5.75 Å². The van der Waals surface area contributed by atoms with E-state index in [9.17, 15) is 0 Å². The van der Waals surface area contributed by atoms with Crippen LogP contribution < -0.4 is 0 Å². The molecular formula is C11H15IS. The number of thioether (sulfide) groups is 1. The van der Waals surface area contributed by atoms with E-state index in [2.05, 4.69) is 60.7 Å². The lowest BCUT2D eigenvalue weighted by Gasteiger charge is -2.04. The van der Waals surface area contributed by atoms with Crippen molar-refractivity contribution in [1.29, 1.82) is 0 Å². The van der Waals surface area contributed by atoms with Gasteiger partial charge in [-0.2, -0.15) is 11.8 Å². The van der Waals surface area contributed by atoms with E-state index in [1.807, 2.05) is 11.8 Å². The van der Waals surface area contributed by atoms with Crippen LogP contribution in [-0.4, -0.2) is 5.75 Å². The first-order valence-corrected chi connectivity index (χ1v) is 6.74. The van der Waals surface area contributed by atoms with Crippen molar-refractivity contribution in [3.05, 3.63) is 33.4 Å². The van der Waals surface area contributed by atoms with Crippen LogP contribution in [0.3, 0.4) is 0 Å².